The van der Waals surface area contributed by atoms with Crippen molar-refractivity contribution >= 4 is 9.84 Å². The lowest BCUT2D eigenvalue weighted by molar-refractivity contribution is 0.562. The Kier molecular flexibility index (Phi) is 5.28. The van der Waals surface area contributed by atoms with E-state index in [1.165, 1.54) is 6.07 Å². The highest BCUT2D eigenvalue weighted by molar-refractivity contribution is 7.91. The van der Waals surface area contributed by atoms with Gasteiger partial charge in [-0.25, -0.2) is 12.8 Å². The molecule has 1 unspecified atom stereocenters. The minimum atomic E-state index is -3.07. The highest BCUT2D eigenvalue weighted by atomic mass is 32.2. The van der Waals surface area contributed by atoms with Gasteiger partial charge in [-0.3, -0.25) is 0 Å². The number of hydrogen-bond acceptors (Lipinski definition) is 3. The molecule has 0 aliphatic heterocycles. The summed E-state index contributed by atoms with van der Waals surface area (Å²) in [5.41, 5.74) is 6.39. The molecule has 0 amide bonds. The van der Waals surface area contributed by atoms with Gasteiger partial charge in [-0.05, 0) is 38.3 Å². The van der Waals surface area contributed by atoms with Crippen molar-refractivity contribution in [1.82, 2.24) is 0 Å². The second-order valence-corrected chi connectivity index (χ2v) is 7.44. The third-order valence-corrected chi connectivity index (χ3v) is 5.17. The van der Waals surface area contributed by atoms with Crippen molar-refractivity contribution in [2.24, 2.45) is 5.73 Å². The van der Waals surface area contributed by atoms with Crippen LogP contribution in [0.4, 0.5) is 4.39 Å². The van der Waals surface area contributed by atoms with Crippen molar-refractivity contribution in [1.29, 1.82) is 0 Å². The van der Waals surface area contributed by atoms with Gasteiger partial charge in [0, 0.05) is 6.04 Å². The first-order chi connectivity index (χ1) is 8.33. The van der Waals surface area contributed by atoms with Crippen LogP contribution < -0.4 is 5.73 Å². The van der Waals surface area contributed by atoms with Crippen molar-refractivity contribution in [3.8, 4) is 0 Å². The summed E-state index contributed by atoms with van der Waals surface area (Å²) in [7, 11) is -3.07. The van der Waals surface area contributed by atoms with Gasteiger partial charge in [0.1, 0.15) is 5.82 Å². The molecule has 1 aromatic carbocycles. The summed E-state index contributed by atoms with van der Waals surface area (Å²) in [5, 5.41) is -0.391. The molecule has 102 valence electrons. The molecule has 1 rings (SSSR count). The van der Waals surface area contributed by atoms with E-state index in [0.29, 0.717) is 18.4 Å². The molecule has 0 saturated carbocycles. The number of benzene rings is 1. The number of halogens is 1. The molecule has 0 spiro atoms. The standard InChI is InChI=1S/C13H20FNO2S/c1-10(2)18(16,17)8-7-12(15)9-11-5-3-4-6-13(11)14/h3-6,10,12H,7-9,15H2,1-2H3. The highest BCUT2D eigenvalue weighted by Gasteiger charge is 2.18. The summed E-state index contributed by atoms with van der Waals surface area (Å²) in [4.78, 5) is 0. The van der Waals surface area contributed by atoms with E-state index >= 15 is 0 Å². The fourth-order valence-electron chi connectivity index (χ4n) is 1.60. The van der Waals surface area contributed by atoms with Crippen molar-refractivity contribution in [2.75, 3.05) is 5.75 Å². The minimum absolute atomic E-state index is 0.0558. The number of rotatable bonds is 6. The Morgan fingerprint density at radius 2 is 1.89 bits per heavy atom. The lowest BCUT2D eigenvalue weighted by atomic mass is 10.0. The molecule has 1 aromatic rings. The maximum absolute atomic E-state index is 13.4. The van der Waals surface area contributed by atoms with E-state index in [2.05, 4.69) is 0 Å². The van der Waals surface area contributed by atoms with Crippen LogP contribution in [0.5, 0.6) is 0 Å². The van der Waals surface area contributed by atoms with Crippen LogP contribution in [0, 0.1) is 5.82 Å². The van der Waals surface area contributed by atoms with E-state index < -0.39 is 15.1 Å². The molecule has 3 nitrogen and oxygen atoms in total. The van der Waals surface area contributed by atoms with Crippen LogP contribution in [0.2, 0.25) is 0 Å². The van der Waals surface area contributed by atoms with Crippen LogP contribution in [0.3, 0.4) is 0 Å². The van der Waals surface area contributed by atoms with Crippen molar-refractivity contribution in [3.05, 3.63) is 35.6 Å². The van der Waals surface area contributed by atoms with Gasteiger partial charge >= 0.3 is 0 Å². The molecular formula is C13H20FNO2S. The SMILES string of the molecule is CC(C)S(=O)(=O)CCC(N)Cc1ccccc1F. The molecule has 5 heteroatoms. The van der Waals surface area contributed by atoms with Gasteiger partial charge < -0.3 is 5.73 Å². The quantitative estimate of drug-likeness (QED) is 0.861. The van der Waals surface area contributed by atoms with Crippen LogP contribution in [-0.2, 0) is 16.3 Å². The average molecular weight is 273 g/mol. The Labute approximate surface area is 108 Å². The van der Waals surface area contributed by atoms with Crippen LogP contribution >= 0.6 is 0 Å². The Morgan fingerprint density at radius 3 is 2.44 bits per heavy atom. The van der Waals surface area contributed by atoms with Gasteiger partial charge in [0.2, 0.25) is 0 Å². The summed E-state index contributed by atoms with van der Waals surface area (Å²) in [6, 6.07) is 6.08. The summed E-state index contributed by atoms with van der Waals surface area (Å²) < 4.78 is 36.6. The van der Waals surface area contributed by atoms with Gasteiger partial charge in [-0.15, -0.1) is 0 Å². The Morgan fingerprint density at radius 1 is 1.28 bits per heavy atom. The summed E-state index contributed by atoms with van der Waals surface area (Å²) >= 11 is 0. The number of nitrogens with two attached hydrogens (primary N) is 1. The number of sulfone groups is 1. The predicted octanol–water partition coefficient (Wildman–Crippen LogP) is 1.91. The molecule has 0 aromatic heterocycles. The molecule has 0 heterocycles. The average Bonchev–Trinajstić information content (AvgIpc) is 2.29. The number of hydrogen-bond donors (Lipinski definition) is 1. The largest absolute Gasteiger partial charge is 0.327 e. The summed E-state index contributed by atoms with van der Waals surface area (Å²) in [6.45, 7) is 3.30. The zero-order valence-electron chi connectivity index (χ0n) is 10.8. The fraction of sp³-hybridized carbons (Fsp3) is 0.538. The lowest BCUT2D eigenvalue weighted by Crippen LogP contribution is -2.28. The third kappa shape index (κ3) is 4.38. The van der Waals surface area contributed by atoms with E-state index in [1.54, 1.807) is 32.0 Å². The lowest BCUT2D eigenvalue weighted by Gasteiger charge is -2.13. The molecule has 0 radical (unpaired) electrons. The maximum atomic E-state index is 13.4. The second kappa shape index (κ2) is 6.29. The summed E-state index contributed by atoms with van der Waals surface area (Å²) in [6.07, 6.45) is 0.717. The van der Waals surface area contributed by atoms with E-state index in [4.69, 9.17) is 5.73 Å². The van der Waals surface area contributed by atoms with Gasteiger partial charge in [0.15, 0.2) is 9.84 Å². The third-order valence-electron chi connectivity index (χ3n) is 2.93. The molecule has 1 atom stereocenters. The van der Waals surface area contributed by atoms with E-state index in [9.17, 15) is 12.8 Å². The van der Waals surface area contributed by atoms with Crippen LogP contribution in [0.1, 0.15) is 25.8 Å². The molecular weight excluding hydrogens is 253 g/mol. The predicted molar refractivity (Wildman–Crippen MR) is 71.6 cm³/mol. The van der Waals surface area contributed by atoms with Crippen molar-refractivity contribution in [3.63, 3.8) is 0 Å². The molecule has 0 aliphatic carbocycles. The zero-order chi connectivity index (χ0) is 13.8. The second-order valence-electron chi connectivity index (χ2n) is 4.76. The maximum Gasteiger partial charge on any atom is 0.152 e. The molecule has 0 saturated heterocycles. The zero-order valence-corrected chi connectivity index (χ0v) is 11.6. The van der Waals surface area contributed by atoms with E-state index in [-0.39, 0.29) is 17.6 Å². The van der Waals surface area contributed by atoms with Gasteiger partial charge in [0.05, 0.1) is 11.0 Å². The van der Waals surface area contributed by atoms with Gasteiger partial charge in [-0.1, -0.05) is 18.2 Å². The van der Waals surface area contributed by atoms with Crippen molar-refractivity contribution < 1.29 is 12.8 Å². The first-order valence-electron chi connectivity index (χ1n) is 6.03. The Bertz CT molecular complexity index is 486. The molecule has 0 bridgehead atoms. The van der Waals surface area contributed by atoms with E-state index in [1.807, 2.05) is 0 Å². The van der Waals surface area contributed by atoms with Crippen LogP contribution in [-0.4, -0.2) is 25.5 Å². The molecule has 0 fully saturated rings. The molecule has 2 N–H and O–H groups in total. The highest BCUT2D eigenvalue weighted by Crippen LogP contribution is 2.11. The van der Waals surface area contributed by atoms with Crippen LogP contribution in [0.25, 0.3) is 0 Å². The topological polar surface area (TPSA) is 60.2 Å². The smallest absolute Gasteiger partial charge is 0.152 e. The van der Waals surface area contributed by atoms with Gasteiger partial charge in [-0.2, -0.15) is 0 Å². The Balaban J connectivity index is 2.53. The van der Waals surface area contributed by atoms with Crippen molar-refractivity contribution in [2.45, 2.75) is 38.0 Å². The molecule has 0 aliphatic rings. The first kappa shape index (κ1) is 15.1. The van der Waals surface area contributed by atoms with Gasteiger partial charge in [0.25, 0.3) is 0 Å². The fourth-order valence-corrected chi connectivity index (χ4v) is 2.70. The first-order valence-corrected chi connectivity index (χ1v) is 7.75. The van der Waals surface area contributed by atoms with E-state index in [0.717, 1.165) is 0 Å². The Hall–Kier alpha value is -0.940. The summed E-state index contributed by atoms with van der Waals surface area (Å²) in [5.74, 6) is -0.236. The monoisotopic (exact) mass is 273 g/mol. The minimum Gasteiger partial charge on any atom is -0.327 e. The normalized spacial score (nSPS) is 13.8. The molecule has 18 heavy (non-hydrogen) atoms. The van der Waals surface area contributed by atoms with Crippen LogP contribution in [0.15, 0.2) is 24.3 Å².